The number of anilines is 1. The van der Waals surface area contributed by atoms with E-state index in [-0.39, 0.29) is 24.1 Å². The fourth-order valence-corrected chi connectivity index (χ4v) is 8.82. The number of aromatic nitrogens is 2. The van der Waals surface area contributed by atoms with Crippen LogP contribution in [0.1, 0.15) is 49.8 Å². The molecule has 8 nitrogen and oxygen atoms in total. The molecule has 0 radical (unpaired) electrons. The highest BCUT2D eigenvalue weighted by Crippen LogP contribution is 2.43. The van der Waals surface area contributed by atoms with Gasteiger partial charge in [0.15, 0.2) is 9.84 Å². The summed E-state index contributed by atoms with van der Waals surface area (Å²) in [5, 5.41) is -1.03. The Labute approximate surface area is 166 Å². The fraction of sp³-hybridized carbons (Fsp3) is 0.778. The van der Waals surface area contributed by atoms with Gasteiger partial charge in [0.2, 0.25) is 16.0 Å². The molecule has 10 heteroatoms. The first kappa shape index (κ1) is 18.7. The number of sulfonamides is 1. The van der Waals surface area contributed by atoms with Gasteiger partial charge in [-0.25, -0.2) is 26.8 Å². The van der Waals surface area contributed by atoms with Crippen LogP contribution in [0.25, 0.3) is 0 Å². The SMILES string of the molecule is CC1CCCN(c2ncc3c(n2)[C@H]2CN(S(=O)(=O)C4CC4)C[C@H]2S(=O)(=O)C3)C1. The van der Waals surface area contributed by atoms with Crippen molar-refractivity contribution in [2.45, 2.75) is 54.8 Å². The van der Waals surface area contributed by atoms with E-state index in [9.17, 15) is 16.8 Å². The Hall–Kier alpha value is -1.26. The molecule has 0 amide bonds. The van der Waals surface area contributed by atoms with Gasteiger partial charge in [0.25, 0.3) is 0 Å². The summed E-state index contributed by atoms with van der Waals surface area (Å²) in [7, 11) is -6.82. The predicted molar refractivity (Wildman–Crippen MR) is 105 cm³/mol. The molecule has 5 rings (SSSR count). The monoisotopic (exact) mass is 426 g/mol. The van der Waals surface area contributed by atoms with Crippen molar-refractivity contribution >= 4 is 25.8 Å². The van der Waals surface area contributed by atoms with Crippen LogP contribution in [0.3, 0.4) is 0 Å². The third-order valence-corrected chi connectivity index (χ3v) is 11.0. The molecule has 1 unspecified atom stereocenters. The van der Waals surface area contributed by atoms with Gasteiger partial charge in [-0.15, -0.1) is 0 Å². The second-order valence-electron chi connectivity index (χ2n) is 8.79. The molecule has 1 saturated carbocycles. The average Bonchev–Trinajstić information content (AvgIpc) is 3.40. The van der Waals surface area contributed by atoms with Gasteiger partial charge in [0.1, 0.15) is 0 Å². The molecular weight excluding hydrogens is 400 g/mol. The molecule has 3 fully saturated rings. The van der Waals surface area contributed by atoms with Crippen LogP contribution in [-0.2, 0) is 25.6 Å². The lowest BCUT2D eigenvalue weighted by molar-refractivity contribution is 0.441. The van der Waals surface area contributed by atoms with Gasteiger partial charge >= 0.3 is 0 Å². The lowest BCUT2D eigenvalue weighted by Gasteiger charge is -2.32. The van der Waals surface area contributed by atoms with Crippen molar-refractivity contribution in [1.29, 1.82) is 0 Å². The van der Waals surface area contributed by atoms with Crippen molar-refractivity contribution in [2.75, 3.05) is 31.1 Å². The zero-order valence-electron chi connectivity index (χ0n) is 16.0. The zero-order valence-corrected chi connectivity index (χ0v) is 17.6. The van der Waals surface area contributed by atoms with Gasteiger partial charge in [-0.05, 0) is 31.6 Å². The highest BCUT2D eigenvalue weighted by atomic mass is 32.2. The maximum Gasteiger partial charge on any atom is 0.225 e. The van der Waals surface area contributed by atoms with Gasteiger partial charge in [-0.3, -0.25) is 0 Å². The van der Waals surface area contributed by atoms with Crippen LogP contribution in [0.2, 0.25) is 0 Å². The van der Waals surface area contributed by atoms with E-state index in [1.807, 2.05) is 0 Å². The highest BCUT2D eigenvalue weighted by molar-refractivity contribution is 7.92. The van der Waals surface area contributed by atoms with E-state index in [0.717, 1.165) is 25.2 Å². The van der Waals surface area contributed by atoms with Crippen molar-refractivity contribution in [3.05, 3.63) is 17.5 Å². The molecule has 2 saturated heterocycles. The Balaban J connectivity index is 1.50. The van der Waals surface area contributed by atoms with Crippen molar-refractivity contribution < 1.29 is 16.8 Å². The number of sulfone groups is 1. The number of nitrogens with zero attached hydrogens (tertiary/aromatic N) is 4. The molecule has 0 bridgehead atoms. The van der Waals surface area contributed by atoms with Gasteiger partial charge in [0.05, 0.1) is 21.9 Å². The molecule has 1 aromatic rings. The van der Waals surface area contributed by atoms with Crippen LogP contribution in [0.4, 0.5) is 5.95 Å². The Kier molecular flexibility index (Phi) is 4.26. The Morgan fingerprint density at radius 3 is 2.64 bits per heavy atom. The number of hydrogen-bond acceptors (Lipinski definition) is 7. The van der Waals surface area contributed by atoms with Gasteiger partial charge in [-0.2, -0.15) is 4.31 Å². The molecule has 3 aliphatic heterocycles. The van der Waals surface area contributed by atoms with Crippen LogP contribution in [0, 0.1) is 5.92 Å². The number of fused-ring (bicyclic) bond motifs is 3. The van der Waals surface area contributed by atoms with Crippen LogP contribution in [0.5, 0.6) is 0 Å². The van der Waals surface area contributed by atoms with E-state index in [2.05, 4.69) is 16.8 Å². The summed E-state index contributed by atoms with van der Waals surface area (Å²) in [4.78, 5) is 11.4. The number of rotatable bonds is 3. The Morgan fingerprint density at radius 1 is 1.14 bits per heavy atom. The fourth-order valence-electron chi connectivity index (χ4n) is 4.84. The molecule has 0 spiro atoms. The minimum atomic E-state index is -3.42. The maximum absolute atomic E-state index is 12.8. The van der Waals surface area contributed by atoms with Gasteiger partial charge in [-0.1, -0.05) is 6.92 Å². The molecule has 0 N–H and O–H groups in total. The molecule has 154 valence electrons. The summed E-state index contributed by atoms with van der Waals surface area (Å²) < 4.78 is 52.5. The molecule has 1 aliphatic carbocycles. The van der Waals surface area contributed by atoms with Crippen LogP contribution >= 0.6 is 0 Å². The van der Waals surface area contributed by atoms with Gasteiger partial charge in [0, 0.05) is 43.9 Å². The first-order valence-electron chi connectivity index (χ1n) is 10.1. The Bertz CT molecular complexity index is 1010. The summed E-state index contributed by atoms with van der Waals surface area (Å²) in [6, 6.07) is 0. The molecule has 1 aromatic heterocycles. The first-order valence-corrected chi connectivity index (χ1v) is 13.3. The summed E-state index contributed by atoms with van der Waals surface area (Å²) >= 11 is 0. The van der Waals surface area contributed by atoms with Crippen LogP contribution in [-0.4, -0.2) is 67.8 Å². The van der Waals surface area contributed by atoms with Gasteiger partial charge < -0.3 is 4.90 Å². The standard InChI is InChI=1S/C18H26N4O4S2/c1-12-3-2-6-21(8-12)18-19-7-13-11-27(23,24)16-10-22(9-15(16)17(13)20-18)28(25,26)14-4-5-14/h7,12,14-16H,2-6,8-11H2,1H3/t12?,15-,16+/m0/s1. The van der Waals surface area contributed by atoms with Crippen molar-refractivity contribution in [2.24, 2.45) is 5.92 Å². The second-order valence-corrected chi connectivity index (χ2v) is 13.2. The van der Waals surface area contributed by atoms with Crippen LogP contribution < -0.4 is 4.90 Å². The molecule has 0 aromatic carbocycles. The van der Waals surface area contributed by atoms with E-state index in [4.69, 9.17) is 4.98 Å². The smallest absolute Gasteiger partial charge is 0.225 e. The second kappa shape index (κ2) is 6.37. The lowest BCUT2D eigenvalue weighted by Crippen LogP contribution is -2.38. The van der Waals surface area contributed by atoms with E-state index in [1.54, 1.807) is 6.20 Å². The first-order chi connectivity index (χ1) is 13.3. The van der Waals surface area contributed by atoms with Crippen molar-refractivity contribution in [3.8, 4) is 0 Å². The third-order valence-electron chi connectivity index (χ3n) is 6.53. The van der Waals surface area contributed by atoms with Crippen molar-refractivity contribution in [1.82, 2.24) is 14.3 Å². The quantitative estimate of drug-likeness (QED) is 0.708. The minimum Gasteiger partial charge on any atom is -0.341 e. The molecule has 28 heavy (non-hydrogen) atoms. The molecule has 3 atom stereocenters. The molecular formula is C18H26N4O4S2. The van der Waals surface area contributed by atoms with E-state index >= 15 is 0 Å². The summed E-state index contributed by atoms with van der Waals surface area (Å²) in [6.07, 6.45) is 5.28. The van der Waals surface area contributed by atoms with E-state index < -0.39 is 31.0 Å². The third kappa shape index (κ3) is 3.04. The minimum absolute atomic E-state index is 0.0609. The normalized spacial score (nSPS) is 32.8. The maximum atomic E-state index is 12.8. The van der Waals surface area contributed by atoms with E-state index in [0.29, 0.717) is 30.3 Å². The lowest BCUT2D eigenvalue weighted by atomic mass is 9.99. The number of hydrogen-bond donors (Lipinski definition) is 0. The van der Waals surface area contributed by atoms with E-state index in [1.165, 1.54) is 10.7 Å². The highest BCUT2D eigenvalue weighted by Gasteiger charge is 2.52. The predicted octanol–water partition coefficient (Wildman–Crippen LogP) is 0.901. The van der Waals surface area contributed by atoms with Crippen LogP contribution in [0.15, 0.2) is 6.20 Å². The zero-order chi connectivity index (χ0) is 19.7. The average molecular weight is 427 g/mol. The van der Waals surface area contributed by atoms with Crippen molar-refractivity contribution in [3.63, 3.8) is 0 Å². The summed E-state index contributed by atoms with van der Waals surface area (Å²) in [5.74, 6) is 0.725. The number of piperidine rings is 1. The largest absolute Gasteiger partial charge is 0.341 e. The summed E-state index contributed by atoms with van der Waals surface area (Å²) in [6.45, 7) is 4.28. The topological polar surface area (TPSA) is 101 Å². The summed E-state index contributed by atoms with van der Waals surface area (Å²) in [5.41, 5.74) is 1.36. The molecule has 4 aliphatic rings. The Morgan fingerprint density at radius 2 is 1.93 bits per heavy atom. The molecule has 4 heterocycles.